The summed E-state index contributed by atoms with van der Waals surface area (Å²) in [6.07, 6.45) is 3.69. The molecule has 2 aromatic carbocycles. The first-order chi connectivity index (χ1) is 18.0. The minimum Gasteiger partial charge on any atom is -0.351 e. The van der Waals surface area contributed by atoms with Crippen LogP contribution in [0.15, 0.2) is 53.4 Å². The molecule has 0 radical (unpaired) electrons. The molecular formula is C27H35N5O3S2. The maximum absolute atomic E-state index is 13.2. The molecule has 5 rings (SSSR count). The number of fused-ring (bicyclic) bond motifs is 1. The molecule has 1 N–H and O–H groups in total. The fraction of sp³-hybridized carbons (Fsp3) is 0.481. The summed E-state index contributed by atoms with van der Waals surface area (Å²) < 4.78 is 29.2. The number of hydrogen-bond acceptors (Lipinski definition) is 7. The Morgan fingerprint density at radius 2 is 1.78 bits per heavy atom. The van der Waals surface area contributed by atoms with Crippen molar-refractivity contribution in [1.82, 2.24) is 19.5 Å². The summed E-state index contributed by atoms with van der Waals surface area (Å²) in [7, 11) is -3.54. The van der Waals surface area contributed by atoms with Crippen LogP contribution in [0, 0.1) is 0 Å². The van der Waals surface area contributed by atoms with Gasteiger partial charge in [0.25, 0.3) is 5.91 Å². The maximum atomic E-state index is 13.2. The average Bonchev–Trinajstić information content (AvgIpc) is 3.38. The lowest BCUT2D eigenvalue weighted by atomic mass is 10.0. The molecule has 0 aliphatic carbocycles. The highest BCUT2D eigenvalue weighted by atomic mass is 32.2. The van der Waals surface area contributed by atoms with Crippen molar-refractivity contribution < 1.29 is 13.2 Å². The number of rotatable bonds is 8. The third-order valence-corrected chi connectivity index (χ3v) is 10.5. The standard InChI is InChI=1S/C27H35N5O3S2/c1-2-22-7-5-6-15-32(22)37(34,35)23-12-10-21(11-13-23)26(33)28-14-16-30-17-19-31(20-18-30)27-29-24-8-3-4-9-25(24)36-27/h3-4,8-13,22H,2,5-7,14-20H2,1H3,(H,28,33). The van der Waals surface area contributed by atoms with E-state index in [1.165, 1.54) is 4.70 Å². The van der Waals surface area contributed by atoms with Gasteiger partial charge in [0.1, 0.15) is 0 Å². The SMILES string of the molecule is CCC1CCCCN1S(=O)(=O)c1ccc(C(=O)NCCN2CCN(c3nc4ccccc4s3)CC2)cc1. The smallest absolute Gasteiger partial charge is 0.251 e. The predicted octanol–water partition coefficient (Wildman–Crippen LogP) is 3.80. The van der Waals surface area contributed by atoms with Gasteiger partial charge in [0, 0.05) is 57.4 Å². The fourth-order valence-corrected chi connectivity index (χ4v) is 7.98. The van der Waals surface area contributed by atoms with Crippen molar-refractivity contribution in [3.63, 3.8) is 0 Å². The molecule has 3 aromatic rings. The first kappa shape index (κ1) is 26.1. The number of thiazole rings is 1. The van der Waals surface area contributed by atoms with Crippen molar-refractivity contribution >= 4 is 42.6 Å². The molecule has 2 fully saturated rings. The van der Waals surface area contributed by atoms with Crippen LogP contribution in [0.2, 0.25) is 0 Å². The molecule has 1 unspecified atom stereocenters. The van der Waals surface area contributed by atoms with E-state index in [-0.39, 0.29) is 16.8 Å². The summed E-state index contributed by atoms with van der Waals surface area (Å²) in [6, 6.07) is 14.6. The van der Waals surface area contributed by atoms with Crippen LogP contribution in [0.5, 0.6) is 0 Å². The molecule has 8 nitrogen and oxygen atoms in total. The number of nitrogens with one attached hydrogen (secondary N) is 1. The lowest BCUT2D eigenvalue weighted by Crippen LogP contribution is -2.48. The Hall–Kier alpha value is -2.53. The summed E-state index contributed by atoms with van der Waals surface area (Å²) in [5, 5.41) is 4.05. The Bertz CT molecular complexity index is 1280. The molecular weight excluding hydrogens is 506 g/mol. The molecule has 1 aromatic heterocycles. The van der Waals surface area contributed by atoms with Crippen molar-refractivity contribution in [1.29, 1.82) is 0 Å². The van der Waals surface area contributed by atoms with Gasteiger partial charge < -0.3 is 10.2 Å². The summed E-state index contributed by atoms with van der Waals surface area (Å²) in [6.45, 7) is 7.61. The molecule has 2 aliphatic heterocycles. The number of carbonyl (C=O) groups excluding carboxylic acids is 1. The molecule has 0 saturated carbocycles. The number of benzene rings is 2. The second kappa shape index (κ2) is 11.5. The fourth-order valence-electron chi connectivity index (χ4n) is 5.20. The maximum Gasteiger partial charge on any atom is 0.251 e. The molecule has 10 heteroatoms. The van der Waals surface area contributed by atoms with E-state index in [1.54, 1.807) is 39.9 Å². The second-order valence-electron chi connectivity index (χ2n) is 9.75. The van der Waals surface area contributed by atoms with Crippen LogP contribution in [0.4, 0.5) is 5.13 Å². The quantitative estimate of drug-likeness (QED) is 0.467. The Morgan fingerprint density at radius 1 is 1.03 bits per heavy atom. The molecule has 37 heavy (non-hydrogen) atoms. The van der Waals surface area contributed by atoms with Crippen LogP contribution in [0.25, 0.3) is 10.2 Å². The highest BCUT2D eigenvalue weighted by Crippen LogP contribution is 2.29. The van der Waals surface area contributed by atoms with Gasteiger partial charge in [0.15, 0.2) is 5.13 Å². The zero-order valence-corrected chi connectivity index (χ0v) is 22.9. The topological polar surface area (TPSA) is 85.8 Å². The van der Waals surface area contributed by atoms with Crippen molar-refractivity contribution in [3.8, 4) is 0 Å². The molecule has 3 heterocycles. The van der Waals surface area contributed by atoms with Crippen molar-refractivity contribution in [2.24, 2.45) is 0 Å². The number of anilines is 1. The number of carbonyl (C=O) groups is 1. The van der Waals surface area contributed by atoms with Gasteiger partial charge in [-0.2, -0.15) is 4.31 Å². The van der Waals surface area contributed by atoms with Gasteiger partial charge in [-0.1, -0.05) is 36.8 Å². The Kier molecular flexibility index (Phi) is 8.09. The molecule has 0 spiro atoms. The van der Waals surface area contributed by atoms with Gasteiger partial charge in [-0.25, -0.2) is 13.4 Å². The Labute approximate surface area is 223 Å². The molecule has 1 amide bonds. The van der Waals surface area contributed by atoms with Crippen molar-refractivity contribution in [2.75, 3.05) is 50.7 Å². The lowest BCUT2D eigenvalue weighted by molar-refractivity contribution is 0.0947. The number of aromatic nitrogens is 1. The van der Waals surface area contributed by atoms with E-state index in [9.17, 15) is 13.2 Å². The third-order valence-electron chi connectivity index (χ3n) is 7.41. The van der Waals surface area contributed by atoms with E-state index in [1.807, 2.05) is 19.1 Å². The first-order valence-electron chi connectivity index (χ1n) is 13.2. The minimum atomic E-state index is -3.54. The second-order valence-corrected chi connectivity index (χ2v) is 12.6. The van der Waals surface area contributed by atoms with E-state index in [0.717, 1.165) is 69.1 Å². The summed E-state index contributed by atoms with van der Waals surface area (Å²) in [5.41, 5.74) is 1.53. The van der Waals surface area contributed by atoms with Crippen LogP contribution in [-0.4, -0.2) is 80.4 Å². The largest absolute Gasteiger partial charge is 0.351 e. The summed E-state index contributed by atoms with van der Waals surface area (Å²) >= 11 is 1.73. The number of piperazine rings is 1. The number of hydrogen-bond donors (Lipinski definition) is 1. The van der Waals surface area contributed by atoms with Crippen LogP contribution in [-0.2, 0) is 10.0 Å². The van der Waals surface area contributed by atoms with Gasteiger partial charge in [-0.3, -0.25) is 9.69 Å². The number of nitrogens with zero attached hydrogens (tertiary/aromatic N) is 4. The van der Waals surface area contributed by atoms with Crippen LogP contribution in [0.1, 0.15) is 43.0 Å². The number of amides is 1. The lowest BCUT2D eigenvalue weighted by Gasteiger charge is -2.34. The normalized spacial score (nSPS) is 19.8. The molecule has 0 bridgehead atoms. The highest BCUT2D eigenvalue weighted by Gasteiger charge is 2.32. The number of sulfonamides is 1. The van der Waals surface area contributed by atoms with Gasteiger partial charge in [-0.05, 0) is 55.7 Å². The average molecular weight is 542 g/mol. The minimum absolute atomic E-state index is 0.0600. The van der Waals surface area contributed by atoms with E-state index in [2.05, 4.69) is 27.2 Å². The third kappa shape index (κ3) is 5.82. The zero-order chi connectivity index (χ0) is 25.8. The van der Waals surface area contributed by atoms with Gasteiger partial charge in [0.2, 0.25) is 10.0 Å². The molecule has 1 atom stereocenters. The van der Waals surface area contributed by atoms with E-state index in [0.29, 0.717) is 18.7 Å². The van der Waals surface area contributed by atoms with E-state index < -0.39 is 10.0 Å². The van der Waals surface area contributed by atoms with E-state index >= 15 is 0 Å². The Morgan fingerprint density at radius 3 is 2.51 bits per heavy atom. The van der Waals surface area contributed by atoms with Gasteiger partial charge in [0.05, 0.1) is 15.1 Å². The predicted molar refractivity (Wildman–Crippen MR) is 149 cm³/mol. The number of piperidine rings is 1. The summed E-state index contributed by atoms with van der Waals surface area (Å²) in [4.78, 5) is 22.4. The van der Waals surface area contributed by atoms with Crippen molar-refractivity contribution in [2.45, 2.75) is 43.5 Å². The Balaban J connectivity index is 1.09. The molecule has 2 aliphatic rings. The van der Waals surface area contributed by atoms with Crippen LogP contribution >= 0.6 is 11.3 Å². The van der Waals surface area contributed by atoms with Gasteiger partial charge >= 0.3 is 0 Å². The number of para-hydroxylation sites is 1. The van der Waals surface area contributed by atoms with Crippen LogP contribution < -0.4 is 10.2 Å². The highest BCUT2D eigenvalue weighted by molar-refractivity contribution is 7.89. The summed E-state index contributed by atoms with van der Waals surface area (Å²) in [5.74, 6) is -0.179. The zero-order valence-electron chi connectivity index (χ0n) is 21.3. The molecule has 2 saturated heterocycles. The monoisotopic (exact) mass is 541 g/mol. The first-order valence-corrected chi connectivity index (χ1v) is 15.4. The molecule has 198 valence electrons. The van der Waals surface area contributed by atoms with Gasteiger partial charge in [-0.15, -0.1) is 0 Å². The van der Waals surface area contributed by atoms with E-state index in [4.69, 9.17) is 4.98 Å². The van der Waals surface area contributed by atoms with Crippen molar-refractivity contribution in [3.05, 3.63) is 54.1 Å². The van der Waals surface area contributed by atoms with Crippen LogP contribution in [0.3, 0.4) is 0 Å².